The van der Waals surface area contributed by atoms with Crippen LogP contribution in [0.15, 0.2) is 18.2 Å². The first kappa shape index (κ1) is 12.1. The average Bonchev–Trinajstić information content (AvgIpc) is 2.75. The molecule has 1 heterocycles. The van der Waals surface area contributed by atoms with Crippen molar-refractivity contribution < 1.29 is 17.6 Å². The van der Waals surface area contributed by atoms with Crippen LogP contribution in [0, 0.1) is 23.3 Å². The summed E-state index contributed by atoms with van der Waals surface area (Å²) in [5.41, 5.74) is 4.66. The first-order valence-electron chi connectivity index (χ1n) is 4.66. The van der Waals surface area contributed by atoms with Gasteiger partial charge in [0.2, 0.25) is 0 Å². The molecule has 6 heteroatoms. The molecule has 0 bridgehead atoms. The van der Waals surface area contributed by atoms with E-state index in [9.17, 15) is 17.6 Å². The minimum absolute atomic E-state index is 0.110. The van der Waals surface area contributed by atoms with Crippen LogP contribution in [0.1, 0.15) is 4.88 Å². The first-order chi connectivity index (χ1) is 8.04. The predicted molar refractivity (Wildman–Crippen MR) is 57.5 cm³/mol. The highest BCUT2D eigenvalue weighted by atomic mass is 32.1. The van der Waals surface area contributed by atoms with Gasteiger partial charge in [-0.25, -0.2) is 17.6 Å². The van der Waals surface area contributed by atoms with Crippen molar-refractivity contribution in [2.24, 2.45) is 5.73 Å². The fourth-order valence-corrected chi connectivity index (χ4v) is 2.33. The van der Waals surface area contributed by atoms with Gasteiger partial charge in [0.1, 0.15) is 0 Å². The molecule has 1 aromatic heterocycles. The van der Waals surface area contributed by atoms with Gasteiger partial charge in [-0.1, -0.05) is 0 Å². The molecular formula is C11H7F4NS. The highest BCUT2D eigenvalue weighted by Crippen LogP contribution is 2.34. The lowest BCUT2D eigenvalue weighted by atomic mass is 10.1. The fraction of sp³-hybridized carbons (Fsp3) is 0.0909. The fourth-order valence-electron chi connectivity index (χ4n) is 1.41. The molecule has 2 rings (SSSR count). The minimum Gasteiger partial charge on any atom is -0.326 e. The van der Waals surface area contributed by atoms with E-state index < -0.39 is 28.8 Å². The Bertz CT molecular complexity index is 539. The Hall–Kier alpha value is -1.40. The van der Waals surface area contributed by atoms with Crippen LogP contribution in [-0.4, -0.2) is 0 Å². The molecule has 1 nitrogen and oxygen atoms in total. The zero-order chi connectivity index (χ0) is 12.6. The van der Waals surface area contributed by atoms with Gasteiger partial charge in [0, 0.05) is 22.4 Å². The second kappa shape index (κ2) is 4.46. The van der Waals surface area contributed by atoms with Crippen molar-refractivity contribution in [1.29, 1.82) is 0 Å². The largest absolute Gasteiger partial charge is 0.326 e. The highest BCUT2D eigenvalue weighted by Gasteiger charge is 2.21. The van der Waals surface area contributed by atoms with Crippen molar-refractivity contribution in [2.75, 3.05) is 0 Å². The molecule has 0 unspecified atom stereocenters. The first-order valence-corrected chi connectivity index (χ1v) is 5.48. The molecule has 0 saturated carbocycles. The Balaban J connectivity index is 2.65. The van der Waals surface area contributed by atoms with Crippen molar-refractivity contribution in [3.05, 3.63) is 46.3 Å². The van der Waals surface area contributed by atoms with E-state index in [0.29, 0.717) is 4.88 Å². The molecule has 2 N–H and O–H groups in total. The van der Waals surface area contributed by atoms with E-state index in [1.54, 1.807) is 6.07 Å². The van der Waals surface area contributed by atoms with Gasteiger partial charge >= 0.3 is 0 Å². The molecule has 2 aromatic rings. The summed E-state index contributed by atoms with van der Waals surface area (Å²) in [4.78, 5) is 0.780. The van der Waals surface area contributed by atoms with Crippen LogP contribution in [0.4, 0.5) is 17.6 Å². The number of hydrogen-bond donors (Lipinski definition) is 1. The van der Waals surface area contributed by atoms with Crippen LogP contribution in [0.5, 0.6) is 0 Å². The third-order valence-corrected chi connectivity index (χ3v) is 3.35. The van der Waals surface area contributed by atoms with E-state index in [0.717, 1.165) is 11.3 Å². The summed E-state index contributed by atoms with van der Waals surface area (Å²) in [5, 5.41) is 0. The van der Waals surface area contributed by atoms with Crippen LogP contribution < -0.4 is 5.73 Å². The zero-order valence-electron chi connectivity index (χ0n) is 8.44. The molecule has 0 aliphatic rings. The number of benzene rings is 1. The lowest BCUT2D eigenvalue weighted by Gasteiger charge is -2.04. The van der Waals surface area contributed by atoms with Crippen LogP contribution in [0.2, 0.25) is 0 Å². The Morgan fingerprint density at radius 1 is 1.00 bits per heavy atom. The van der Waals surface area contributed by atoms with Crippen molar-refractivity contribution in [2.45, 2.75) is 6.54 Å². The number of halogens is 4. The molecule has 90 valence electrons. The monoisotopic (exact) mass is 261 g/mol. The smallest absolute Gasteiger partial charge is 0.170 e. The lowest BCUT2D eigenvalue weighted by Crippen LogP contribution is -1.97. The van der Waals surface area contributed by atoms with Gasteiger partial charge in [-0.15, -0.1) is 11.3 Å². The summed E-state index contributed by atoms with van der Waals surface area (Å²) in [5.74, 6) is -5.62. The third-order valence-electron chi connectivity index (χ3n) is 2.22. The normalized spacial score (nSPS) is 10.9. The summed E-state index contributed by atoms with van der Waals surface area (Å²) in [6, 6.07) is 3.13. The lowest BCUT2D eigenvalue weighted by molar-refractivity contribution is 0.458. The maximum Gasteiger partial charge on any atom is 0.170 e. The number of hydrogen-bond acceptors (Lipinski definition) is 2. The topological polar surface area (TPSA) is 26.0 Å². The Kier molecular flexibility index (Phi) is 3.17. The molecule has 1 aromatic carbocycles. The number of rotatable bonds is 2. The molecule has 0 saturated heterocycles. The van der Waals surface area contributed by atoms with Crippen molar-refractivity contribution in [1.82, 2.24) is 0 Å². The van der Waals surface area contributed by atoms with Crippen molar-refractivity contribution in [3.8, 4) is 10.4 Å². The Morgan fingerprint density at radius 3 is 2.06 bits per heavy atom. The summed E-state index contributed by atoms with van der Waals surface area (Å²) in [6.45, 7) is 0.200. The molecule has 0 aliphatic carbocycles. The van der Waals surface area contributed by atoms with Crippen molar-refractivity contribution in [3.63, 3.8) is 0 Å². The Morgan fingerprint density at radius 2 is 1.59 bits per heavy atom. The molecule has 0 fully saturated rings. The van der Waals surface area contributed by atoms with Gasteiger partial charge in [0.25, 0.3) is 0 Å². The van der Waals surface area contributed by atoms with Gasteiger partial charge in [0.05, 0.1) is 5.56 Å². The van der Waals surface area contributed by atoms with Gasteiger partial charge in [-0.2, -0.15) is 0 Å². The van der Waals surface area contributed by atoms with Gasteiger partial charge in [0.15, 0.2) is 23.3 Å². The van der Waals surface area contributed by atoms with Crippen LogP contribution in [0.3, 0.4) is 0 Å². The van der Waals surface area contributed by atoms with Gasteiger partial charge < -0.3 is 5.73 Å². The quantitative estimate of drug-likeness (QED) is 0.650. The summed E-state index contributed by atoms with van der Waals surface area (Å²) in [7, 11) is 0. The van der Waals surface area contributed by atoms with Crippen LogP contribution in [-0.2, 0) is 6.54 Å². The molecule has 0 aliphatic heterocycles. The van der Waals surface area contributed by atoms with E-state index in [2.05, 4.69) is 0 Å². The van der Waals surface area contributed by atoms with E-state index in [1.807, 2.05) is 0 Å². The highest BCUT2D eigenvalue weighted by molar-refractivity contribution is 7.15. The molecule has 0 amide bonds. The second-order valence-electron chi connectivity index (χ2n) is 3.31. The van der Waals surface area contributed by atoms with Crippen LogP contribution >= 0.6 is 11.3 Å². The summed E-state index contributed by atoms with van der Waals surface area (Å²) < 4.78 is 52.9. The Labute approximate surface area is 98.5 Å². The molecule has 0 radical (unpaired) electrons. The van der Waals surface area contributed by atoms with E-state index in [-0.39, 0.29) is 17.5 Å². The average molecular weight is 261 g/mol. The maximum absolute atomic E-state index is 13.4. The molecule has 0 spiro atoms. The standard InChI is InChI=1S/C11H7F4NS/c12-6-3-7(13)11(15)9(10(6)14)8-2-1-5(4-16)17-8/h1-3H,4,16H2. The number of thiophene rings is 1. The third kappa shape index (κ3) is 2.05. The van der Waals surface area contributed by atoms with E-state index in [1.165, 1.54) is 6.07 Å². The van der Waals surface area contributed by atoms with Gasteiger partial charge in [-0.05, 0) is 12.1 Å². The van der Waals surface area contributed by atoms with Gasteiger partial charge in [-0.3, -0.25) is 0 Å². The molecule has 17 heavy (non-hydrogen) atoms. The summed E-state index contributed by atoms with van der Waals surface area (Å²) in [6.07, 6.45) is 0. The molecule has 0 atom stereocenters. The maximum atomic E-state index is 13.4. The minimum atomic E-state index is -1.42. The SMILES string of the molecule is NCc1ccc(-c2c(F)c(F)cc(F)c2F)s1. The van der Waals surface area contributed by atoms with E-state index >= 15 is 0 Å². The van der Waals surface area contributed by atoms with E-state index in [4.69, 9.17) is 5.73 Å². The second-order valence-corrected chi connectivity index (χ2v) is 4.48. The summed E-state index contributed by atoms with van der Waals surface area (Å²) >= 11 is 0.993. The molecular weight excluding hydrogens is 254 g/mol. The predicted octanol–water partition coefficient (Wildman–Crippen LogP) is 3.43. The number of nitrogens with two attached hydrogens (primary N) is 1. The van der Waals surface area contributed by atoms with Crippen molar-refractivity contribution >= 4 is 11.3 Å². The zero-order valence-corrected chi connectivity index (χ0v) is 9.25. The van der Waals surface area contributed by atoms with Crippen LogP contribution in [0.25, 0.3) is 10.4 Å².